The summed E-state index contributed by atoms with van der Waals surface area (Å²) >= 11 is 0. The summed E-state index contributed by atoms with van der Waals surface area (Å²) in [6, 6.07) is 25.2. The Morgan fingerprint density at radius 3 is 2.33 bits per heavy atom. The first-order chi connectivity index (χ1) is 24.3. The van der Waals surface area contributed by atoms with Crippen LogP contribution in [0.3, 0.4) is 0 Å². The monoisotopic (exact) mass is 705 g/mol. The van der Waals surface area contributed by atoms with Crippen LogP contribution < -0.4 is 19.5 Å². The number of nitrogens with one attached hydrogen (secondary N) is 1. The molecule has 4 aromatic rings. The third kappa shape index (κ3) is 10.0. The van der Waals surface area contributed by atoms with Gasteiger partial charge >= 0.3 is 6.36 Å². The summed E-state index contributed by atoms with van der Waals surface area (Å²) in [6.07, 6.45) is -5.38. The zero-order valence-electron chi connectivity index (χ0n) is 28.9. The van der Waals surface area contributed by atoms with E-state index >= 15 is 0 Å². The van der Waals surface area contributed by atoms with E-state index in [0.717, 1.165) is 34.8 Å². The normalized spacial score (nSPS) is 16.8. The molecule has 0 saturated carbocycles. The van der Waals surface area contributed by atoms with Crippen LogP contribution in [-0.4, -0.2) is 72.0 Å². The lowest BCUT2D eigenvalue weighted by Gasteiger charge is -2.38. The summed E-state index contributed by atoms with van der Waals surface area (Å²) in [6.45, 7) is 6.95. The van der Waals surface area contributed by atoms with Crippen LogP contribution in [0.2, 0.25) is 0 Å². The van der Waals surface area contributed by atoms with Crippen LogP contribution in [0.1, 0.15) is 40.9 Å². The summed E-state index contributed by atoms with van der Waals surface area (Å²) < 4.78 is 54.3. The Hall–Kier alpha value is -5.07. The highest BCUT2D eigenvalue weighted by Crippen LogP contribution is 2.35. The number of likely N-dealkylation sites (N-methyl/N-ethyl adjacent to an activating group) is 1. The van der Waals surface area contributed by atoms with Crippen molar-refractivity contribution in [1.29, 1.82) is 0 Å². The van der Waals surface area contributed by atoms with Crippen LogP contribution in [0.15, 0.2) is 91.0 Å². The minimum atomic E-state index is -4.82. The van der Waals surface area contributed by atoms with Crippen molar-refractivity contribution < 1.29 is 42.1 Å². The number of alkyl halides is 3. The topological polar surface area (TPSA) is 101 Å². The molecule has 3 atom stereocenters. The van der Waals surface area contributed by atoms with Crippen LogP contribution in [0.4, 0.5) is 18.9 Å². The van der Waals surface area contributed by atoms with Crippen molar-refractivity contribution in [3.8, 4) is 23.0 Å². The summed E-state index contributed by atoms with van der Waals surface area (Å²) in [5.74, 6) is 0.392. The van der Waals surface area contributed by atoms with Gasteiger partial charge in [0.2, 0.25) is 5.91 Å². The molecule has 0 spiro atoms. The van der Waals surface area contributed by atoms with E-state index in [9.17, 15) is 27.9 Å². The predicted octanol–water partition coefficient (Wildman–Crippen LogP) is 7.22. The SMILES string of the molecule is Cc1ccccc1Oc1ccc(CN(C)C[C@H]2Oc3c(NC(=O)Cc4ccc(OC(F)(F)F)cc4)cccc3C(=O)N([C@@H](C)CO)C[C@H]2C)cc1. The lowest BCUT2D eigenvalue weighted by atomic mass is 9.98. The van der Waals surface area contributed by atoms with E-state index in [2.05, 4.69) is 15.0 Å². The molecule has 5 rings (SSSR count). The number of para-hydroxylation sites is 2. The number of halogens is 3. The summed E-state index contributed by atoms with van der Waals surface area (Å²) in [4.78, 5) is 30.8. The average Bonchev–Trinajstić information content (AvgIpc) is 3.08. The number of benzene rings is 4. The first kappa shape index (κ1) is 37.2. The Balaban J connectivity index is 1.32. The largest absolute Gasteiger partial charge is 0.573 e. The molecular formula is C39H42F3N3O6. The number of carbonyl (C=O) groups is 2. The Kier molecular flexibility index (Phi) is 11.9. The standard InChI is InChI=1S/C39H42F3N3O6/c1-25-8-5-6-11-34(25)49-30-16-14-29(15-17-30)22-44(4)23-35-26(2)21-45(27(3)24-46)38(48)32-9-7-10-33(37(32)50-35)43-36(47)20-28-12-18-31(19-13-28)51-39(40,41)42/h5-19,26-27,35,46H,20-24H2,1-4H3,(H,43,47)/t26-,27+,35-/m1/s1. The van der Waals surface area contributed by atoms with E-state index in [1.807, 2.05) is 69.4 Å². The van der Waals surface area contributed by atoms with Gasteiger partial charge in [0.05, 0.1) is 30.3 Å². The number of aliphatic hydroxyl groups is 1. The van der Waals surface area contributed by atoms with E-state index < -0.39 is 24.4 Å². The molecule has 9 nitrogen and oxygen atoms in total. The molecule has 0 aliphatic carbocycles. The smallest absolute Gasteiger partial charge is 0.486 e. The second kappa shape index (κ2) is 16.3. The maximum atomic E-state index is 13.8. The number of rotatable bonds is 12. The van der Waals surface area contributed by atoms with E-state index in [1.54, 1.807) is 30.0 Å². The quantitative estimate of drug-likeness (QED) is 0.161. The molecule has 0 fully saturated rings. The lowest BCUT2D eigenvalue weighted by molar-refractivity contribution is -0.274. The Labute approximate surface area is 295 Å². The minimum Gasteiger partial charge on any atom is -0.486 e. The van der Waals surface area contributed by atoms with Crippen LogP contribution in [0.25, 0.3) is 0 Å². The van der Waals surface area contributed by atoms with Crippen LogP contribution >= 0.6 is 0 Å². The fraction of sp³-hybridized carbons (Fsp3) is 0.333. The third-order valence-electron chi connectivity index (χ3n) is 8.68. The summed E-state index contributed by atoms with van der Waals surface area (Å²) in [5, 5.41) is 12.8. The molecule has 1 aliphatic heterocycles. The molecule has 12 heteroatoms. The maximum Gasteiger partial charge on any atom is 0.573 e. The first-order valence-electron chi connectivity index (χ1n) is 16.7. The molecule has 1 heterocycles. The number of ether oxygens (including phenoxy) is 3. The molecule has 1 aliphatic rings. The van der Waals surface area contributed by atoms with E-state index in [4.69, 9.17) is 9.47 Å². The molecular weight excluding hydrogens is 663 g/mol. The molecule has 270 valence electrons. The maximum absolute atomic E-state index is 13.8. The fourth-order valence-corrected chi connectivity index (χ4v) is 5.89. The zero-order chi connectivity index (χ0) is 36.7. The number of aryl methyl sites for hydroxylation is 1. The number of amides is 2. The van der Waals surface area contributed by atoms with Crippen molar-refractivity contribution in [3.05, 3.63) is 113 Å². The molecule has 2 N–H and O–H groups in total. The van der Waals surface area contributed by atoms with Gasteiger partial charge in [-0.15, -0.1) is 13.2 Å². The highest BCUT2D eigenvalue weighted by atomic mass is 19.4. The number of nitrogens with zero attached hydrogens (tertiary/aromatic N) is 2. The van der Waals surface area contributed by atoms with Crippen molar-refractivity contribution in [2.45, 2.75) is 52.2 Å². The van der Waals surface area contributed by atoms with Gasteiger partial charge in [-0.1, -0.05) is 55.5 Å². The van der Waals surface area contributed by atoms with Crippen LogP contribution in [-0.2, 0) is 17.8 Å². The number of carbonyl (C=O) groups excluding carboxylic acids is 2. The Morgan fingerprint density at radius 2 is 1.67 bits per heavy atom. The third-order valence-corrected chi connectivity index (χ3v) is 8.68. The predicted molar refractivity (Wildman–Crippen MR) is 187 cm³/mol. The lowest BCUT2D eigenvalue weighted by Crippen LogP contribution is -2.49. The molecule has 51 heavy (non-hydrogen) atoms. The van der Waals surface area contributed by atoms with Crippen LogP contribution in [0.5, 0.6) is 23.0 Å². The number of fused-ring (bicyclic) bond motifs is 1. The van der Waals surface area contributed by atoms with E-state index in [0.29, 0.717) is 25.2 Å². The van der Waals surface area contributed by atoms with E-state index in [1.165, 1.54) is 12.1 Å². The van der Waals surface area contributed by atoms with Gasteiger partial charge in [-0.05, 0) is 80.1 Å². The van der Waals surface area contributed by atoms with Crippen molar-refractivity contribution in [2.75, 3.05) is 32.1 Å². The Morgan fingerprint density at radius 1 is 1.00 bits per heavy atom. The zero-order valence-corrected chi connectivity index (χ0v) is 28.9. The van der Waals surface area contributed by atoms with E-state index in [-0.39, 0.29) is 47.6 Å². The van der Waals surface area contributed by atoms with Gasteiger partial charge in [0.15, 0.2) is 5.75 Å². The number of hydrogen-bond donors (Lipinski definition) is 2. The molecule has 0 aromatic heterocycles. The average molecular weight is 706 g/mol. The highest BCUT2D eigenvalue weighted by molar-refractivity contribution is 6.02. The van der Waals surface area contributed by atoms with Gasteiger partial charge in [-0.3, -0.25) is 14.5 Å². The molecule has 0 bridgehead atoms. The minimum absolute atomic E-state index is 0.144. The Bertz CT molecular complexity index is 1800. The second-order valence-electron chi connectivity index (χ2n) is 12.9. The molecule has 2 amide bonds. The fourth-order valence-electron chi connectivity index (χ4n) is 5.89. The molecule has 0 saturated heterocycles. The van der Waals surface area contributed by atoms with Crippen molar-refractivity contribution in [1.82, 2.24) is 9.80 Å². The summed E-state index contributed by atoms with van der Waals surface area (Å²) in [7, 11) is 1.98. The first-order valence-corrected chi connectivity index (χ1v) is 16.7. The van der Waals surface area contributed by atoms with Gasteiger partial charge in [0, 0.05) is 25.6 Å². The van der Waals surface area contributed by atoms with Gasteiger partial charge in [-0.2, -0.15) is 0 Å². The van der Waals surface area contributed by atoms with Crippen LogP contribution in [0, 0.1) is 12.8 Å². The number of aliphatic hydroxyl groups excluding tert-OH is 1. The van der Waals surface area contributed by atoms with Crippen molar-refractivity contribution in [2.24, 2.45) is 5.92 Å². The molecule has 0 radical (unpaired) electrons. The van der Waals surface area contributed by atoms with Gasteiger partial charge in [-0.25, -0.2) is 0 Å². The van der Waals surface area contributed by atoms with Gasteiger partial charge in [0.25, 0.3) is 5.91 Å². The van der Waals surface area contributed by atoms with Gasteiger partial charge in [0.1, 0.15) is 23.4 Å². The molecule has 4 aromatic carbocycles. The number of hydrogen-bond acceptors (Lipinski definition) is 7. The second-order valence-corrected chi connectivity index (χ2v) is 12.9. The highest BCUT2D eigenvalue weighted by Gasteiger charge is 2.35. The van der Waals surface area contributed by atoms with Crippen molar-refractivity contribution in [3.63, 3.8) is 0 Å². The summed E-state index contributed by atoms with van der Waals surface area (Å²) in [5.41, 5.74) is 3.09. The molecule has 0 unspecified atom stereocenters. The van der Waals surface area contributed by atoms with Gasteiger partial charge < -0.3 is 29.5 Å². The number of anilines is 1. The van der Waals surface area contributed by atoms with Crippen molar-refractivity contribution >= 4 is 17.5 Å².